The molecule has 124 valence electrons. The number of hydrogen-bond acceptors (Lipinski definition) is 4. The van der Waals surface area contributed by atoms with Crippen molar-refractivity contribution < 1.29 is 4.79 Å². The molecule has 24 heavy (non-hydrogen) atoms. The summed E-state index contributed by atoms with van der Waals surface area (Å²) in [5, 5.41) is 7.73. The number of thiazole rings is 1. The Balaban J connectivity index is 1.67. The topological polar surface area (TPSA) is 33.2 Å². The Hall–Kier alpha value is -1.69. The van der Waals surface area contributed by atoms with Crippen molar-refractivity contribution in [1.29, 1.82) is 0 Å². The van der Waals surface area contributed by atoms with Crippen LogP contribution in [0.4, 0.5) is 0 Å². The van der Waals surface area contributed by atoms with E-state index >= 15 is 0 Å². The van der Waals surface area contributed by atoms with Crippen molar-refractivity contribution in [2.24, 2.45) is 0 Å². The maximum atomic E-state index is 12.6. The van der Waals surface area contributed by atoms with Crippen LogP contribution in [-0.2, 0) is 11.2 Å². The van der Waals surface area contributed by atoms with Crippen LogP contribution in [0.5, 0.6) is 0 Å². The molecule has 0 bridgehead atoms. The highest BCUT2D eigenvalue weighted by Crippen LogP contribution is 2.26. The van der Waals surface area contributed by atoms with E-state index in [1.165, 1.54) is 0 Å². The van der Waals surface area contributed by atoms with Crippen LogP contribution < -0.4 is 0 Å². The van der Waals surface area contributed by atoms with Gasteiger partial charge in [-0.25, -0.2) is 4.98 Å². The zero-order valence-electron chi connectivity index (χ0n) is 13.4. The average Bonchev–Trinajstić information content (AvgIpc) is 3.25. The number of carbonyl (C=O) groups is 1. The van der Waals surface area contributed by atoms with Crippen LogP contribution >= 0.6 is 34.3 Å². The van der Waals surface area contributed by atoms with Gasteiger partial charge in [0.1, 0.15) is 5.01 Å². The zero-order valence-corrected chi connectivity index (χ0v) is 15.8. The van der Waals surface area contributed by atoms with Crippen LogP contribution in [-0.4, -0.2) is 22.8 Å². The molecule has 0 aliphatic carbocycles. The van der Waals surface area contributed by atoms with Gasteiger partial charge in [-0.2, -0.15) is 11.3 Å². The van der Waals surface area contributed by atoms with E-state index in [1.807, 2.05) is 55.1 Å². The van der Waals surface area contributed by atoms with Crippen molar-refractivity contribution in [2.45, 2.75) is 19.4 Å². The Labute approximate surface area is 154 Å². The van der Waals surface area contributed by atoms with Crippen LogP contribution in [0.3, 0.4) is 0 Å². The fourth-order valence-electron chi connectivity index (χ4n) is 2.37. The van der Waals surface area contributed by atoms with Gasteiger partial charge in [0, 0.05) is 28.4 Å². The van der Waals surface area contributed by atoms with Gasteiger partial charge in [0.15, 0.2) is 0 Å². The molecule has 0 saturated carbocycles. The SMILES string of the molecule is C[C@H](c1ccc(Cl)cc1)N(C)C(=O)Cc1csc(-c2ccsc2)n1. The summed E-state index contributed by atoms with van der Waals surface area (Å²) >= 11 is 9.15. The van der Waals surface area contributed by atoms with Crippen molar-refractivity contribution in [3.8, 4) is 10.6 Å². The first-order chi connectivity index (χ1) is 11.5. The number of rotatable bonds is 5. The predicted molar refractivity (Wildman–Crippen MR) is 102 cm³/mol. The summed E-state index contributed by atoms with van der Waals surface area (Å²) in [5.74, 6) is 0.0552. The van der Waals surface area contributed by atoms with Gasteiger partial charge in [-0.05, 0) is 36.1 Å². The molecule has 1 atom stereocenters. The number of likely N-dealkylation sites (N-methyl/N-ethyl adjacent to an activating group) is 1. The molecule has 1 amide bonds. The van der Waals surface area contributed by atoms with E-state index in [1.54, 1.807) is 27.6 Å². The Morgan fingerprint density at radius 2 is 2.00 bits per heavy atom. The predicted octanol–water partition coefficient (Wildman–Crippen LogP) is 5.29. The first kappa shape index (κ1) is 17.1. The summed E-state index contributed by atoms with van der Waals surface area (Å²) in [5.41, 5.74) is 3.00. The Kier molecular flexibility index (Phi) is 5.33. The number of hydrogen-bond donors (Lipinski definition) is 0. The first-order valence-electron chi connectivity index (χ1n) is 7.52. The molecule has 0 aliphatic heterocycles. The number of halogens is 1. The van der Waals surface area contributed by atoms with Gasteiger partial charge in [-0.3, -0.25) is 4.79 Å². The van der Waals surface area contributed by atoms with Crippen LogP contribution in [0.1, 0.15) is 24.2 Å². The fraction of sp³-hybridized carbons (Fsp3) is 0.222. The van der Waals surface area contributed by atoms with E-state index in [-0.39, 0.29) is 11.9 Å². The van der Waals surface area contributed by atoms with Crippen LogP contribution in [0.25, 0.3) is 10.6 Å². The normalized spacial score (nSPS) is 12.1. The molecule has 0 saturated heterocycles. The van der Waals surface area contributed by atoms with E-state index in [9.17, 15) is 4.79 Å². The fourth-order valence-corrected chi connectivity index (χ4v) is 4.03. The number of aromatic nitrogens is 1. The van der Waals surface area contributed by atoms with Crippen molar-refractivity contribution in [3.05, 3.63) is 62.8 Å². The quantitative estimate of drug-likeness (QED) is 0.606. The van der Waals surface area contributed by atoms with Gasteiger partial charge in [0.2, 0.25) is 5.91 Å². The minimum atomic E-state index is -0.00949. The second-order valence-electron chi connectivity index (χ2n) is 5.56. The average molecular weight is 377 g/mol. The van der Waals surface area contributed by atoms with Gasteiger partial charge in [0.05, 0.1) is 18.2 Å². The number of carbonyl (C=O) groups excluding carboxylic acids is 1. The minimum Gasteiger partial charge on any atom is -0.339 e. The lowest BCUT2D eigenvalue weighted by Gasteiger charge is -2.25. The van der Waals surface area contributed by atoms with Crippen LogP contribution in [0.15, 0.2) is 46.5 Å². The van der Waals surface area contributed by atoms with Gasteiger partial charge in [0.25, 0.3) is 0 Å². The lowest BCUT2D eigenvalue weighted by Crippen LogP contribution is -2.31. The molecule has 6 heteroatoms. The molecular weight excluding hydrogens is 360 g/mol. The second kappa shape index (κ2) is 7.47. The van der Waals surface area contributed by atoms with Gasteiger partial charge in [-0.1, -0.05) is 23.7 Å². The highest BCUT2D eigenvalue weighted by molar-refractivity contribution is 7.14. The monoisotopic (exact) mass is 376 g/mol. The maximum Gasteiger partial charge on any atom is 0.228 e. The smallest absolute Gasteiger partial charge is 0.228 e. The molecule has 2 heterocycles. The molecule has 0 radical (unpaired) electrons. The van der Waals surface area contributed by atoms with Crippen LogP contribution in [0, 0.1) is 0 Å². The third-order valence-electron chi connectivity index (χ3n) is 3.98. The van der Waals surface area contributed by atoms with Crippen LogP contribution in [0.2, 0.25) is 5.02 Å². The standard InChI is InChI=1S/C18H17ClN2OS2/c1-12(13-3-5-15(19)6-4-13)21(2)17(22)9-16-11-24-18(20-16)14-7-8-23-10-14/h3-8,10-12H,9H2,1-2H3/t12-/m1/s1. The Bertz CT molecular complexity index is 812. The molecule has 0 spiro atoms. The van der Waals surface area contributed by atoms with E-state index in [0.29, 0.717) is 11.4 Å². The molecule has 0 N–H and O–H groups in total. The molecule has 0 unspecified atom stereocenters. The number of amides is 1. The summed E-state index contributed by atoms with van der Waals surface area (Å²) in [6.45, 7) is 2.01. The van der Waals surface area contributed by atoms with E-state index in [2.05, 4.69) is 10.4 Å². The lowest BCUT2D eigenvalue weighted by molar-refractivity contribution is -0.131. The maximum absolute atomic E-state index is 12.6. The molecular formula is C18H17ClN2OS2. The van der Waals surface area contributed by atoms with Gasteiger partial charge < -0.3 is 4.90 Å². The lowest BCUT2D eigenvalue weighted by atomic mass is 10.1. The molecule has 3 nitrogen and oxygen atoms in total. The molecule has 1 aromatic carbocycles. The first-order valence-corrected chi connectivity index (χ1v) is 9.72. The number of thiophene rings is 1. The number of benzene rings is 1. The van der Waals surface area contributed by atoms with Crippen molar-refractivity contribution in [3.63, 3.8) is 0 Å². The van der Waals surface area contributed by atoms with Crippen molar-refractivity contribution >= 4 is 40.2 Å². The summed E-state index contributed by atoms with van der Waals surface area (Å²) in [4.78, 5) is 18.9. The van der Waals surface area contributed by atoms with E-state index < -0.39 is 0 Å². The molecule has 0 fully saturated rings. The Morgan fingerprint density at radius 1 is 1.25 bits per heavy atom. The van der Waals surface area contributed by atoms with E-state index in [0.717, 1.165) is 21.8 Å². The Morgan fingerprint density at radius 3 is 2.67 bits per heavy atom. The summed E-state index contributed by atoms with van der Waals surface area (Å²) in [6.07, 6.45) is 0.315. The second-order valence-corrected chi connectivity index (χ2v) is 7.64. The van der Waals surface area contributed by atoms with Gasteiger partial charge in [-0.15, -0.1) is 11.3 Å². The molecule has 3 aromatic rings. The third-order valence-corrected chi connectivity index (χ3v) is 5.85. The van der Waals surface area contributed by atoms with Crippen molar-refractivity contribution in [2.75, 3.05) is 7.05 Å². The van der Waals surface area contributed by atoms with Gasteiger partial charge >= 0.3 is 0 Å². The highest BCUT2D eigenvalue weighted by Gasteiger charge is 2.19. The van der Waals surface area contributed by atoms with Crippen molar-refractivity contribution in [1.82, 2.24) is 9.88 Å². The molecule has 0 aliphatic rings. The highest BCUT2D eigenvalue weighted by atomic mass is 35.5. The summed E-state index contributed by atoms with van der Waals surface area (Å²) < 4.78 is 0. The molecule has 3 rings (SSSR count). The third kappa shape index (κ3) is 3.86. The van der Waals surface area contributed by atoms with E-state index in [4.69, 9.17) is 11.6 Å². The largest absolute Gasteiger partial charge is 0.339 e. The number of nitrogens with zero attached hydrogens (tertiary/aromatic N) is 2. The minimum absolute atomic E-state index is 0.00949. The summed E-state index contributed by atoms with van der Waals surface area (Å²) in [7, 11) is 1.83. The summed E-state index contributed by atoms with van der Waals surface area (Å²) in [6, 6.07) is 9.63. The molecule has 2 aromatic heterocycles. The zero-order chi connectivity index (χ0) is 17.1.